The molecule has 0 amide bonds. The Hall–Kier alpha value is -11.7. The summed E-state index contributed by atoms with van der Waals surface area (Å²) in [6.07, 6.45) is 2.02. The summed E-state index contributed by atoms with van der Waals surface area (Å²) in [6.45, 7) is 0. The zero-order valence-corrected chi connectivity index (χ0v) is 46.4. The molecule has 400 valence electrons. The van der Waals surface area contributed by atoms with Crippen LogP contribution >= 0.6 is 0 Å². The molecule has 0 fully saturated rings. The first kappa shape index (κ1) is 47.9. The van der Waals surface area contributed by atoms with E-state index >= 15 is 0 Å². The number of nitrogens with zero attached hydrogens (tertiary/aromatic N) is 7. The molecule has 6 aromatic heterocycles. The molecule has 0 spiro atoms. The molecule has 0 aliphatic rings. The van der Waals surface area contributed by atoms with Crippen molar-refractivity contribution in [2.45, 2.75) is 0 Å². The van der Waals surface area contributed by atoms with E-state index in [9.17, 15) is 0 Å². The van der Waals surface area contributed by atoms with Gasteiger partial charge in [-0.1, -0.05) is 206 Å². The van der Waals surface area contributed by atoms with Gasteiger partial charge in [0, 0.05) is 94.3 Å². The number of benzene rings is 12. The second-order valence-electron chi connectivity index (χ2n) is 22.3. The van der Waals surface area contributed by atoms with Crippen molar-refractivity contribution in [1.82, 2.24) is 33.2 Å². The molecule has 18 aromatic rings. The Kier molecular flexibility index (Phi) is 10.6. The van der Waals surface area contributed by atoms with Gasteiger partial charge in [0.2, 0.25) is 0 Å². The molecular weight excluding hydrogens is 1050 g/mol. The SMILES string of the molecule is c1ccc(-c2nc3c(-c4cccc(-n5c6ccccc6c6ccc7c(c8ccccc8n7-c7ccccc7)c65)c4)cnc(-c4cccc(-n5c6ccccc6c6ccc7c(c8ccccc8n7-c7ccccc7)c65)c4)c3nc2-c2ccccc2)cc1. The fourth-order valence-electron chi connectivity index (χ4n) is 13.9. The summed E-state index contributed by atoms with van der Waals surface area (Å²) in [7, 11) is 0. The second kappa shape index (κ2) is 18.9. The largest absolute Gasteiger partial charge is 0.309 e. The highest BCUT2D eigenvalue weighted by Gasteiger charge is 2.26. The third-order valence-electron chi connectivity index (χ3n) is 17.6. The van der Waals surface area contributed by atoms with Crippen LogP contribution in [0.15, 0.2) is 297 Å². The van der Waals surface area contributed by atoms with E-state index in [0.29, 0.717) is 5.52 Å². The highest BCUT2D eigenvalue weighted by molar-refractivity contribution is 6.28. The van der Waals surface area contributed by atoms with Gasteiger partial charge in [-0.2, -0.15) is 0 Å². The average Bonchev–Trinajstić information content (AvgIpc) is 1.74. The van der Waals surface area contributed by atoms with Crippen molar-refractivity contribution < 1.29 is 0 Å². The minimum absolute atomic E-state index is 0.714. The Morgan fingerprint density at radius 3 is 1.09 bits per heavy atom. The molecule has 0 saturated carbocycles. The summed E-state index contributed by atoms with van der Waals surface area (Å²) >= 11 is 0. The first-order chi connectivity index (χ1) is 42.7. The van der Waals surface area contributed by atoms with Crippen molar-refractivity contribution in [3.05, 3.63) is 297 Å². The maximum Gasteiger partial charge on any atom is 0.116 e. The molecule has 0 radical (unpaired) electrons. The van der Waals surface area contributed by atoms with E-state index in [4.69, 9.17) is 15.0 Å². The molecule has 0 unspecified atom stereocenters. The fraction of sp³-hybridized carbons (Fsp3) is 0. The lowest BCUT2D eigenvalue weighted by Gasteiger charge is -2.17. The summed E-state index contributed by atoms with van der Waals surface area (Å²) in [5.41, 5.74) is 22.1. The number of hydrogen-bond acceptors (Lipinski definition) is 3. The van der Waals surface area contributed by atoms with Crippen LogP contribution in [0.25, 0.3) is 166 Å². The number of hydrogen-bond donors (Lipinski definition) is 0. The molecule has 0 saturated heterocycles. The van der Waals surface area contributed by atoms with Gasteiger partial charge in [-0.3, -0.25) is 4.98 Å². The first-order valence-corrected chi connectivity index (χ1v) is 29.3. The van der Waals surface area contributed by atoms with E-state index in [1.165, 1.54) is 43.1 Å². The fourth-order valence-corrected chi connectivity index (χ4v) is 13.9. The van der Waals surface area contributed by atoms with Gasteiger partial charge in [0.25, 0.3) is 0 Å². The lowest BCUT2D eigenvalue weighted by Crippen LogP contribution is -2.01. The number of pyridine rings is 1. The summed E-state index contributed by atoms with van der Waals surface area (Å²) in [6, 6.07) is 104. The standard InChI is InChI=1S/C79H49N7/c1-5-23-50(24-6-1)74-75(51-25-7-2-8-26-51)82-77-73(53-28-22-34-57(48-53)86-66-40-18-14-36-59(66)61-44-46-70-72(79(61)86)63-38-16-20-42-68(63)84(70)55-31-11-4-12-32-55)80-49-64(76(77)81-74)52-27-21-33-56(47-52)85-65-39-17-13-35-58(65)60-43-45-69-71(78(60)85)62-37-15-19-41-67(62)83(69)54-29-9-3-10-30-54/h1-49H. The quantitative estimate of drug-likeness (QED) is 0.152. The van der Waals surface area contributed by atoms with Crippen molar-refractivity contribution in [3.63, 3.8) is 0 Å². The van der Waals surface area contributed by atoms with Gasteiger partial charge in [0.05, 0.1) is 61.2 Å². The molecule has 0 aliphatic carbocycles. The van der Waals surface area contributed by atoms with Crippen LogP contribution in [0.1, 0.15) is 0 Å². The molecule has 0 bridgehead atoms. The lowest BCUT2D eigenvalue weighted by atomic mass is 9.99. The highest BCUT2D eigenvalue weighted by atomic mass is 15.0. The minimum atomic E-state index is 0.714. The number of aromatic nitrogens is 7. The van der Waals surface area contributed by atoms with Crippen molar-refractivity contribution in [2.24, 2.45) is 0 Å². The van der Waals surface area contributed by atoms with Gasteiger partial charge in [0.15, 0.2) is 0 Å². The van der Waals surface area contributed by atoms with E-state index in [1.54, 1.807) is 0 Å². The Balaban J connectivity index is 0.882. The Morgan fingerprint density at radius 2 is 0.605 bits per heavy atom. The average molecular weight is 1100 g/mol. The van der Waals surface area contributed by atoms with Crippen LogP contribution < -0.4 is 0 Å². The first-order valence-electron chi connectivity index (χ1n) is 29.3. The van der Waals surface area contributed by atoms with Crippen LogP contribution in [-0.4, -0.2) is 33.2 Å². The van der Waals surface area contributed by atoms with E-state index in [0.717, 1.165) is 117 Å². The van der Waals surface area contributed by atoms with Crippen molar-refractivity contribution in [2.75, 3.05) is 0 Å². The minimum Gasteiger partial charge on any atom is -0.309 e. The molecule has 6 heterocycles. The van der Waals surface area contributed by atoms with E-state index < -0.39 is 0 Å². The van der Waals surface area contributed by atoms with Crippen molar-refractivity contribution in [3.8, 4) is 67.6 Å². The van der Waals surface area contributed by atoms with Gasteiger partial charge in [-0.25, -0.2) is 9.97 Å². The molecule has 7 heteroatoms. The third kappa shape index (κ3) is 7.12. The third-order valence-corrected chi connectivity index (χ3v) is 17.6. The predicted molar refractivity (Wildman–Crippen MR) is 356 cm³/mol. The maximum absolute atomic E-state index is 5.81. The monoisotopic (exact) mass is 1100 g/mol. The van der Waals surface area contributed by atoms with E-state index in [-0.39, 0.29) is 0 Å². The van der Waals surface area contributed by atoms with E-state index in [2.05, 4.69) is 309 Å². The molecule has 86 heavy (non-hydrogen) atoms. The molecule has 12 aromatic carbocycles. The van der Waals surface area contributed by atoms with Crippen LogP contribution in [-0.2, 0) is 0 Å². The molecule has 7 nitrogen and oxygen atoms in total. The number of para-hydroxylation sites is 6. The smallest absolute Gasteiger partial charge is 0.116 e. The van der Waals surface area contributed by atoms with Crippen LogP contribution in [0.3, 0.4) is 0 Å². The highest BCUT2D eigenvalue weighted by Crippen LogP contribution is 2.46. The van der Waals surface area contributed by atoms with Gasteiger partial charge in [-0.15, -0.1) is 0 Å². The van der Waals surface area contributed by atoms with Gasteiger partial charge < -0.3 is 18.3 Å². The topological polar surface area (TPSA) is 58.4 Å². The summed E-state index contributed by atoms with van der Waals surface area (Å²) in [5.74, 6) is 0. The Bertz CT molecular complexity index is 5400. The summed E-state index contributed by atoms with van der Waals surface area (Å²) < 4.78 is 9.72. The van der Waals surface area contributed by atoms with E-state index in [1.807, 2.05) is 6.20 Å². The van der Waals surface area contributed by atoms with Gasteiger partial charge >= 0.3 is 0 Å². The second-order valence-corrected chi connectivity index (χ2v) is 22.3. The molecule has 0 N–H and O–H groups in total. The van der Waals surface area contributed by atoms with Crippen LogP contribution in [0.5, 0.6) is 0 Å². The number of fused-ring (bicyclic) bond motifs is 15. The zero-order chi connectivity index (χ0) is 56.4. The normalized spacial score (nSPS) is 12.0. The molecule has 0 aliphatic heterocycles. The Morgan fingerprint density at radius 1 is 0.233 bits per heavy atom. The van der Waals surface area contributed by atoms with Crippen molar-refractivity contribution >= 4 is 98.3 Å². The summed E-state index contributed by atoms with van der Waals surface area (Å²) in [5, 5.41) is 9.59. The number of rotatable bonds is 8. The van der Waals surface area contributed by atoms with Gasteiger partial charge in [0.1, 0.15) is 11.0 Å². The van der Waals surface area contributed by atoms with Crippen LogP contribution in [0.4, 0.5) is 0 Å². The Labute approximate surface area is 493 Å². The zero-order valence-electron chi connectivity index (χ0n) is 46.4. The summed E-state index contributed by atoms with van der Waals surface area (Å²) in [4.78, 5) is 17.1. The molecule has 18 rings (SSSR count). The maximum atomic E-state index is 5.81. The van der Waals surface area contributed by atoms with Gasteiger partial charge in [-0.05, 0) is 90.5 Å². The molecule has 0 atom stereocenters. The lowest BCUT2D eigenvalue weighted by molar-refractivity contribution is 1.17. The van der Waals surface area contributed by atoms with Crippen LogP contribution in [0.2, 0.25) is 0 Å². The predicted octanol–water partition coefficient (Wildman–Crippen LogP) is 20.1. The van der Waals surface area contributed by atoms with Crippen molar-refractivity contribution in [1.29, 1.82) is 0 Å². The molecular formula is C79H49N7. The van der Waals surface area contributed by atoms with Crippen LogP contribution in [0, 0.1) is 0 Å².